The maximum atomic E-state index is 8.99. The summed E-state index contributed by atoms with van der Waals surface area (Å²) < 4.78 is 0. The first kappa shape index (κ1) is 9.00. The van der Waals surface area contributed by atoms with Gasteiger partial charge in [0.25, 0.3) is 0 Å². The molecule has 0 atom stereocenters. The molecule has 0 unspecified atom stereocenters. The van der Waals surface area contributed by atoms with Crippen molar-refractivity contribution in [2.45, 2.75) is 4.90 Å². The lowest BCUT2D eigenvalue weighted by atomic mass is 10.3. The molecule has 0 aliphatic rings. The van der Waals surface area contributed by atoms with Gasteiger partial charge >= 0.3 is 0 Å². The highest BCUT2D eigenvalue weighted by Gasteiger charge is 1.91. The Bertz CT molecular complexity index is 256. The summed E-state index contributed by atoms with van der Waals surface area (Å²) in [5, 5.41) is 8.99. The second-order valence-corrected chi connectivity index (χ2v) is 3.33. The summed E-state index contributed by atoms with van der Waals surface area (Å²) in [6.45, 7) is 0. The minimum Gasteiger partial charge on any atom is -0.508 e. The van der Waals surface area contributed by atoms with Gasteiger partial charge < -0.3 is 10.8 Å². The maximum absolute atomic E-state index is 8.99. The Kier molecular flexibility index (Phi) is 3.54. The third kappa shape index (κ3) is 2.88. The SMILES string of the molecule is NC=CCSc1ccc(O)cc1. The van der Waals surface area contributed by atoms with Crippen molar-refractivity contribution in [2.75, 3.05) is 5.75 Å². The van der Waals surface area contributed by atoms with E-state index in [-0.39, 0.29) is 0 Å². The van der Waals surface area contributed by atoms with Gasteiger partial charge in [-0.1, -0.05) is 6.08 Å². The van der Waals surface area contributed by atoms with Gasteiger partial charge in [0.1, 0.15) is 5.75 Å². The van der Waals surface area contributed by atoms with Gasteiger partial charge in [0.05, 0.1) is 0 Å². The van der Waals surface area contributed by atoms with Crippen LogP contribution in [0, 0.1) is 0 Å². The van der Waals surface area contributed by atoms with E-state index in [4.69, 9.17) is 10.8 Å². The van der Waals surface area contributed by atoms with Crippen LogP contribution in [0.5, 0.6) is 5.75 Å². The van der Waals surface area contributed by atoms with Gasteiger partial charge in [-0.25, -0.2) is 0 Å². The lowest BCUT2D eigenvalue weighted by Crippen LogP contribution is -1.78. The molecule has 0 amide bonds. The van der Waals surface area contributed by atoms with E-state index in [1.165, 1.54) is 6.20 Å². The molecule has 0 aliphatic heterocycles. The fourth-order valence-electron chi connectivity index (χ4n) is 0.742. The van der Waals surface area contributed by atoms with Gasteiger partial charge in [0, 0.05) is 10.6 Å². The first-order valence-corrected chi connectivity index (χ1v) is 4.60. The zero-order valence-electron chi connectivity index (χ0n) is 6.60. The zero-order valence-corrected chi connectivity index (χ0v) is 7.42. The standard InChI is InChI=1S/C9H11NOS/c10-6-1-7-12-9-4-2-8(11)3-5-9/h1-6,11H,7,10H2. The number of nitrogens with two attached hydrogens (primary N) is 1. The lowest BCUT2D eigenvalue weighted by molar-refractivity contribution is 0.475. The Morgan fingerprint density at radius 3 is 2.58 bits per heavy atom. The number of benzene rings is 1. The molecule has 1 aromatic carbocycles. The Hall–Kier alpha value is -1.09. The molecule has 64 valence electrons. The van der Waals surface area contributed by atoms with Crippen molar-refractivity contribution in [3.05, 3.63) is 36.5 Å². The molecule has 0 saturated heterocycles. The molecule has 0 aliphatic carbocycles. The molecule has 3 N–H and O–H groups in total. The molecule has 0 bridgehead atoms. The molecular weight excluding hydrogens is 170 g/mol. The van der Waals surface area contributed by atoms with Crippen LogP contribution in [-0.4, -0.2) is 10.9 Å². The summed E-state index contributed by atoms with van der Waals surface area (Å²) in [5.41, 5.74) is 5.18. The van der Waals surface area contributed by atoms with E-state index in [9.17, 15) is 0 Å². The molecule has 1 aromatic rings. The van der Waals surface area contributed by atoms with Crippen molar-refractivity contribution in [1.82, 2.24) is 0 Å². The van der Waals surface area contributed by atoms with Crippen LogP contribution >= 0.6 is 11.8 Å². The topological polar surface area (TPSA) is 46.2 Å². The first-order chi connectivity index (χ1) is 5.83. The summed E-state index contributed by atoms with van der Waals surface area (Å²) in [7, 11) is 0. The smallest absolute Gasteiger partial charge is 0.115 e. The third-order valence-corrected chi connectivity index (χ3v) is 2.28. The van der Waals surface area contributed by atoms with Crippen molar-refractivity contribution >= 4 is 11.8 Å². The van der Waals surface area contributed by atoms with E-state index < -0.39 is 0 Å². The maximum Gasteiger partial charge on any atom is 0.115 e. The molecule has 0 fully saturated rings. The molecule has 0 spiro atoms. The van der Waals surface area contributed by atoms with Crippen LogP contribution in [0.25, 0.3) is 0 Å². The Morgan fingerprint density at radius 1 is 1.33 bits per heavy atom. The van der Waals surface area contributed by atoms with Crippen LogP contribution in [0.15, 0.2) is 41.4 Å². The molecule has 1 rings (SSSR count). The summed E-state index contributed by atoms with van der Waals surface area (Å²) in [5.74, 6) is 1.16. The highest BCUT2D eigenvalue weighted by atomic mass is 32.2. The third-order valence-electron chi connectivity index (χ3n) is 1.32. The molecule has 3 heteroatoms. The van der Waals surface area contributed by atoms with E-state index in [2.05, 4.69) is 0 Å². The molecule has 0 aromatic heterocycles. The van der Waals surface area contributed by atoms with E-state index in [1.807, 2.05) is 18.2 Å². The molecule has 0 saturated carbocycles. The zero-order chi connectivity index (χ0) is 8.81. The second-order valence-electron chi connectivity index (χ2n) is 2.23. The van der Waals surface area contributed by atoms with Crippen LogP contribution in [0.2, 0.25) is 0 Å². The van der Waals surface area contributed by atoms with Crippen molar-refractivity contribution in [3.63, 3.8) is 0 Å². The van der Waals surface area contributed by atoms with Crippen molar-refractivity contribution < 1.29 is 5.11 Å². The van der Waals surface area contributed by atoms with Crippen LogP contribution in [0.1, 0.15) is 0 Å². The monoisotopic (exact) mass is 181 g/mol. The lowest BCUT2D eigenvalue weighted by Gasteiger charge is -1.97. The number of hydrogen-bond acceptors (Lipinski definition) is 3. The summed E-state index contributed by atoms with van der Waals surface area (Å²) in [4.78, 5) is 1.13. The number of hydrogen-bond donors (Lipinski definition) is 2. The Labute approximate surface area is 76.1 Å². The molecule has 0 radical (unpaired) electrons. The minimum absolute atomic E-state index is 0.300. The van der Waals surface area contributed by atoms with Gasteiger partial charge in [-0.05, 0) is 30.5 Å². The highest BCUT2D eigenvalue weighted by Crippen LogP contribution is 2.20. The van der Waals surface area contributed by atoms with Crippen LogP contribution in [-0.2, 0) is 0 Å². The van der Waals surface area contributed by atoms with Crippen molar-refractivity contribution in [2.24, 2.45) is 5.73 Å². The summed E-state index contributed by atoms with van der Waals surface area (Å²) in [6.07, 6.45) is 3.42. The summed E-state index contributed by atoms with van der Waals surface area (Å²) in [6, 6.07) is 7.11. The first-order valence-electron chi connectivity index (χ1n) is 3.61. The fourth-order valence-corrected chi connectivity index (χ4v) is 1.47. The quantitative estimate of drug-likeness (QED) is 0.701. The normalized spacial score (nSPS) is 10.7. The van der Waals surface area contributed by atoms with E-state index in [0.29, 0.717) is 5.75 Å². The Balaban J connectivity index is 2.47. The average molecular weight is 181 g/mol. The second kappa shape index (κ2) is 4.72. The number of phenolic OH excluding ortho intramolecular Hbond substituents is 1. The van der Waals surface area contributed by atoms with Crippen LogP contribution in [0.3, 0.4) is 0 Å². The van der Waals surface area contributed by atoms with Gasteiger partial charge in [-0.2, -0.15) is 0 Å². The Morgan fingerprint density at radius 2 is 2.00 bits per heavy atom. The number of rotatable bonds is 3. The van der Waals surface area contributed by atoms with Crippen LogP contribution < -0.4 is 5.73 Å². The van der Waals surface area contributed by atoms with Gasteiger partial charge in [0.15, 0.2) is 0 Å². The number of aromatic hydroxyl groups is 1. The fraction of sp³-hybridized carbons (Fsp3) is 0.111. The summed E-state index contributed by atoms with van der Waals surface area (Å²) >= 11 is 1.68. The largest absolute Gasteiger partial charge is 0.508 e. The predicted molar refractivity (Wildman–Crippen MR) is 52.2 cm³/mol. The van der Waals surface area contributed by atoms with Gasteiger partial charge in [-0.3, -0.25) is 0 Å². The minimum atomic E-state index is 0.300. The number of phenols is 1. The van der Waals surface area contributed by atoms with Crippen LogP contribution in [0.4, 0.5) is 0 Å². The van der Waals surface area contributed by atoms with Gasteiger partial charge in [-0.15, -0.1) is 11.8 Å². The van der Waals surface area contributed by atoms with E-state index in [0.717, 1.165) is 10.6 Å². The molecule has 0 heterocycles. The van der Waals surface area contributed by atoms with Gasteiger partial charge in [0.2, 0.25) is 0 Å². The molecular formula is C9H11NOS. The number of thioether (sulfide) groups is 1. The van der Waals surface area contributed by atoms with E-state index >= 15 is 0 Å². The average Bonchev–Trinajstić information content (AvgIpc) is 2.09. The van der Waals surface area contributed by atoms with E-state index in [1.54, 1.807) is 23.9 Å². The highest BCUT2D eigenvalue weighted by molar-refractivity contribution is 7.99. The van der Waals surface area contributed by atoms with Crippen molar-refractivity contribution in [3.8, 4) is 5.75 Å². The van der Waals surface area contributed by atoms with Crippen molar-refractivity contribution in [1.29, 1.82) is 0 Å². The molecule has 12 heavy (non-hydrogen) atoms. The molecule has 2 nitrogen and oxygen atoms in total. The predicted octanol–water partition coefficient (Wildman–Crippen LogP) is 1.96.